The number of carbonyl (C=O) groups excluding carboxylic acids is 4. The van der Waals surface area contributed by atoms with Crippen LogP contribution in [0.25, 0.3) is 0 Å². The molecule has 0 aliphatic heterocycles. The molecular weight excluding hydrogens is 1190 g/mol. The molecule has 5 atom stereocenters. The number of aliphatic hydroxyl groups is 1. The minimum Gasteiger partial charge on any atom is -0.462 e. The third-order valence-corrected chi connectivity index (χ3v) is 18.4. The van der Waals surface area contributed by atoms with Gasteiger partial charge in [0.1, 0.15) is 19.3 Å². The topological polar surface area (TPSA) is 237 Å². The molecule has 0 aliphatic rings. The molecule has 0 amide bonds. The highest BCUT2D eigenvalue weighted by atomic mass is 31.2. The van der Waals surface area contributed by atoms with E-state index in [1.807, 2.05) is 0 Å². The zero-order valence-corrected chi connectivity index (χ0v) is 60.2. The average Bonchev–Trinajstić information content (AvgIpc) is 3.71. The van der Waals surface area contributed by atoms with E-state index in [0.29, 0.717) is 25.7 Å². The lowest BCUT2D eigenvalue weighted by molar-refractivity contribution is -0.161. The molecular formula is C71H138O17P2. The Bertz CT molecular complexity index is 1750. The van der Waals surface area contributed by atoms with Crippen molar-refractivity contribution in [1.29, 1.82) is 0 Å². The molecule has 0 bridgehead atoms. The number of ether oxygens (including phenoxy) is 4. The minimum atomic E-state index is -4.95. The fourth-order valence-corrected chi connectivity index (χ4v) is 12.3. The molecule has 19 heteroatoms. The predicted molar refractivity (Wildman–Crippen MR) is 363 cm³/mol. The maximum absolute atomic E-state index is 13.0. The van der Waals surface area contributed by atoms with Gasteiger partial charge in [0.15, 0.2) is 12.2 Å². The quantitative estimate of drug-likeness (QED) is 0.0222. The van der Waals surface area contributed by atoms with Crippen molar-refractivity contribution in [2.75, 3.05) is 39.6 Å². The first-order valence-electron chi connectivity index (χ1n) is 37.0. The first kappa shape index (κ1) is 88.1. The van der Waals surface area contributed by atoms with Gasteiger partial charge >= 0.3 is 39.5 Å². The van der Waals surface area contributed by atoms with E-state index in [1.165, 1.54) is 180 Å². The van der Waals surface area contributed by atoms with E-state index in [-0.39, 0.29) is 25.7 Å². The number of aliphatic hydroxyl groups excluding tert-OH is 1. The molecule has 0 rings (SSSR count). The molecule has 534 valence electrons. The molecule has 0 spiro atoms. The van der Waals surface area contributed by atoms with E-state index in [2.05, 4.69) is 41.5 Å². The monoisotopic (exact) mass is 1320 g/mol. The van der Waals surface area contributed by atoms with Crippen LogP contribution in [0.15, 0.2) is 0 Å². The summed E-state index contributed by atoms with van der Waals surface area (Å²) in [5.74, 6) is -0.678. The van der Waals surface area contributed by atoms with Gasteiger partial charge in [-0.2, -0.15) is 0 Å². The van der Waals surface area contributed by atoms with Crippen molar-refractivity contribution in [2.24, 2.45) is 11.8 Å². The summed E-state index contributed by atoms with van der Waals surface area (Å²) in [4.78, 5) is 72.6. The smallest absolute Gasteiger partial charge is 0.462 e. The van der Waals surface area contributed by atoms with Crippen LogP contribution in [-0.2, 0) is 65.4 Å². The Kier molecular flexibility index (Phi) is 61.8. The highest BCUT2D eigenvalue weighted by Gasteiger charge is 2.30. The van der Waals surface area contributed by atoms with E-state index >= 15 is 0 Å². The summed E-state index contributed by atoms with van der Waals surface area (Å²) in [7, 11) is -9.90. The van der Waals surface area contributed by atoms with Crippen molar-refractivity contribution in [3.63, 3.8) is 0 Å². The minimum absolute atomic E-state index is 0.104. The number of hydrogen-bond donors (Lipinski definition) is 3. The van der Waals surface area contributed by atoms with Crippen LogP contribution < -0.4 is 0 Å². The van der Waals surface area contributed by atoms with Crippen molar-refractivity contribution < 1.29 is 80.2 Å². The zero-order valence-electron chi connectivity index (χ0n) is 58.4. The molecule has 2 unspecified atom stereocenters. The predicted octanol–water partition coefficient (Wildman–Crippen LogP) is 20.4. The number of phosphoric ester groups is 2. The first-order valence-corrected chi connectivity index (χ1v) is 40.0. The maximum atomic E-state index is 13.0. The van der Waals surface area contributed by atoms with Crippen LogP contribution >= 0.6 is 15.6 Å². The number of esters is 4. The van der Waals surface area contributed by atoms with Crippen LogP contribution in [0.1, 0.15) is 363 Å². The lowest BCUT2D eigenvalue weighted by Gasteiger charge is -2.21. The van der Waals surface area contributed by atoms with E-state index in [1.54, 1.807) is 0 Å². The number of carbonyl (C=O) groups is 4. The Morgan fingerprint density at radius 1 is 0.300 bits per heavy atom. The molecule has 90 heavy (non-hydrogen) atoms. The number of hydrogen-bond acceptors (Lipinski definition) is 15. The van der Waals surface area contributed by atoms with Gasteiger partial charge in [-0.05, 0) is 37.5 Å². The molecule has 3 N–H and O–H groups in total. The van der Waals surface area contributed by atoms with Gasteiger partial charge in [0.05, 0.1) is 26.4 Å². The fraction of sp³-hybridized carbons (Fsp3) is 0.944. The van der Waals surface area contributed by atoms with Gasteiger partial charge in [0, 0.05) is 25.7 Å². The van der Waals surface area contributed by atoms with Crippen molar-refractivity contribution in [1.82, 2.24) is 0 Å². The summed E-state index contributed by atoms with van der Waals surface area (Å²) in [6, 6.07) is 0. The Morgan fingerprint density at radius 2 is 0.511 bits per heavy atom. The van der Waals surface area contributed by atoms with E-state index in [4.69, 9.17) is 37.0 Å². The summed E-state index contributed by atoms with van der Waals surface area (Å²) in [6.45, 7) is 9.49. The van der Waals surface area contributed by atoms with Gasteiger partial charge in [0.2, 0.25) is 0 Å². The van der Waals surface area contributed by atoms with Gasteiger partial charge in [-0.15, -0.1) is 0 Å². The highest BCUT2D eigenvalue weighted by molar-refractivity contribution is 7.47. The second-order valence-corrected chi connectivity index (χ2v) is 29.5. The largest absolute Gasteiger partial charge is 0.472 e. The normalized spacial score (nSPS) is 14.1. The van der Waals surface area contributed by atoms with E-state index < -0.39 is 97.5 Å². The molecule has 0 aromatic heterocycles. The van der Waals surface area contributed by atoms with Crippen molar-refractivity contribution in [3.8, 4) is 0 Å². The van der Waals surface area contributed by atoms with Gasteiger partial charge in [-0.25, -0.2) is 9.13 Å². The molecule has 0 fully saturated rings. The molecule has 0 aliphatic carbocycles. The van der Waals surface area contributed by atoms with Crippen molar-refractivity contribution in [3.05, 3.63) is 0 Å². The van der Waals surface area contributed by atoms with Crippen molar-refractivity contribution >= 4 is 39.5 Å². The summed E-state index contributed by atoms with van der Waals surface area (Å²) in [6.07, 6.45) is 48.5. The lowest BCUT2D eigenvalue weighted by atomic mass is 10.0. The third-order valence-electron chi connectivity index (χ3n) is 16.5. The second kappa shape index (κ2) is 63.1. The Balaban J connectivity index is 5.25. The van der Waals surface area contributed by atoms with Gasteiger partial charge < -0.3 is 33.8 Å². The van der Waals surface area contributed by atoms with Crippen LogP contribution in [0.4, 0.5) is 0 Å². The summed E-state index contributed by atoms with van der Waals surface area (Å²) >= 11 is 0. The molecule has 0 saturated heterocycles. The molecule has 0 saturated carbocycles. The van der Waals surface area contributed by atoms with Crippen molar-refractivity contribution in [2.45, 2.75) is 381 Å². The number of phosphoric acid groups is 2. The lowest BCUT2D eigenvalue weighted by Crippen LogP contribution is -2.30. The molecule has 0 aromatic carbocycles. The van der Waals surface area contributed by atoms with Gasteiger partial charge in [0.25, 0.3) is 0 Å². The molecule has 17 nitrogen and oxygen atoms in total. The first-order chi connectivity index (χ1) is 43.4. The number of unbranched alkanes of at least 4 members (excludes halogenated alkanes) is 40. The van der Waals surface area contributed by atoms with Crippen LogP contribution in [-0.4, -0.2) is 96.7 Å². The molecule has 0 aromatic rings. The van der Waals surface area contributed by atoms with E-state index in [9.17, 15) is 43.2 Å². The highest BCUT2D eigenvalue weighted by Crippen LogP contribution is 2.45. The maximum Gasteiger partial charge on any atom is 0.472 e. The summed E-state index contributed by atoms with van der Waals surface area (Å²) in [5, 5.41) is 10.6. The second-order valence-electron chi connectivity index (χ2n) is 26.6. The Hall–Kier alpha value is -1.94. The van der Waals surface area contributed by atoms with E-state index in [0.717, 1.165) is 102 Å². The Labute approximate surface area is 549 Å². The van der Waals surface area contributed by atoms with Crippen LogP contribution in [0.5, 0.6) is 0 Å². The fourth-order valence-electron chi connectivity index (χ4n) is 10.8. The van der Waals surface area contributed by atoms with Crippen LogP contribution in [0.2, 0.25) is 0 Å². The SMILES string of the molecule is CCCCCCCCCCCCCCCCC(=O)OC[C@H](COP(=O)(O)OC[C@@H](O)COP(=O)(O)OC[C@@H](COC(=O)CCCCCCCCCCC(C)C)OC(=O)CCCCCCCCCCC(C)C)OC(=O)CCCCCCCCCCCCCCCC. The van der Waals surface area contributed by atoms with Crippen LogP contribution in [0.3, 0.4) is 0 Å². The summed E-state index contributed by atoms with van der Waals surface area (Å²) < 4.78 is 68.3. The summed E-state index contributed by atoms with van der Waals surface area (Å²) in [5.41, 5.74) is 0. The van der Waals surface area contributed by atoms with Gasteiger partial charge in [-0.3, -0.25) is 37.3 Å². The standard InChI is InChI=1S/C71H138O17P2/c1-7-9-11-13-15-17-19-21-23-25-27-35-41-47-53-68(73)81-59-66(87-70(75)55-49-43-37-28-26-24-22-20-18-16-14-12-10-8-2)61-85-89(77,78)83-57-65(72)58-84-90(79,80)86-62-67(88-71(76)56-50-44-38-32-30-34-40-46-52-64(5)6)60-82-69(74)54-48-42-36-31-29-33-39-45-51-63(3)4/h63-67,72H,7-62H2,1-6H3,(H,77,78)(H,79,80)/t65-,66-,67-/m1/s1. The van der Waals surface area contributed by atoms with Gasteiger partial charge in [-0.1, -0.05) is 311 Å². The molecule has 0 heterocycles. The average molecular weight is 1330 g/mol. The zero-order chi connectivity index (χ0) is 66.5. The molecule has 0 radical (unpaired) electrons. The third kappa shape index (κ3) is 64.8. The Morgan fingerprint density at radius 3 is 0.756 bits per heavy atom. The van der Waals surface area contributed by atoms with Crippen LogP contribution in [0, 0.1) is 11.8 Å². The number of rotatable bonds is 70.